The van der Waals surface area contributed by atoms with Gasteiger partial charge in [0.05, 0.1) is 72.9 Å². The molecule has 147 heavy (non-hydrogen) atoms. The molecule has 0 aromatic rings. The number of hydrogen-bond acceptors (Lipinski definition) is 18. The molecule has 0 aromatic heterocycles. The molecule has 20 saturated carbocycles. The number of fused-ring (bicyclic) bond motifs is 25. The Morgan fingerprint density at radius 2 is 0.517 bits per heavy atom. The Labute approximate surface area is 890 Å². The first-order chi connectivity index (χ1) is 68.9. The highest BCUT2D eigenvalue weighted by Gasteiger charge is 2.72. The van der Waals surface area contributed by atoms with E-state index in [4.69, 9.17) is 0 Å². The van der Waals surface area contributed by atoms with E-state index in [1.165, 1.54) is 103 Å². The molecule has 0 saturated heterocycles. The minimum atomic E-state index is -3.10. The van der Waals surface area contributed by atoms with Crippen LogP contribution in [-0.4, -0.2) is 179 Å². The molecule has 0 bridgehead atoms. The molecule has 20 rings (SSSR count). The van der Waals surface area contributed by atoms with Gasteiger partial charge < -0.3 is 80.7 Å². The molecular formula is C127H215NO18S. The van der Waals surface area contributed by atoms with Gasteiger partial charge in [0.2, 0.25) is 5.91 Å². The average Bonchev–Trinajstić information content (AvgIpc) is 1.59. The minimum absolute atomic E-state index is 0.0357. The number of carbonyl (C=O) groups is 5. The maximum Gasteiger partial charge on any atom is 0.220 e. The zero-order chi connectivity index (χ0) is 107. The van der Waals surface area contributed by atoms with E-state index in [9.17, 15) is 88.6 Å². The van der Waals surface area contributed by atoms with E-state index in [2.05, 4.69) is 109 Å². The van der Waals surface area contributed by atoms with Crippen molar-refractivity contribution < 1.29 is 88.6 Å². The minimum Gasteiger partial charge on any atom is -0.393 e. The summed E-state index contributed by atoms with van der Waals surface area (Å²) in [7, 11) is -3.10. The van der Waals surface area contributed by atoms with Crippen molar-refractivity contribution in [2.45, 2.75) is 513 Å². The molecule has 0 spiro atoms. The summed E-state index contributed by atoms with van der Waals surface area (Å²) in [6.07, 6.45) is 48.5. The summed E-state index contributed by atoms with van der Waals surface area (Å²) >= 11 is 0. The van der Waals surface area contributed by atoms with Crippen molar-refractivity contribution in [3.8, 4) is 0 Å². The Morgan fingerprint density at radius 3 is 0.844 bits per heavy atom. The zero-order valence-electron chi connectivity index (χ0n) is 95.9. The lowest BCUT2D eigenvalue weighted by molar-refractivity contribution is -0.207. The molecule has 12 N–H and O–H groups in total. The van der Waals surface area contributed by atoms with Crippen LogP contribution in [0.1, 0.15) is 446 Å². The maximum absolute atomic E-state index is 12.3. The Bertz CT molecular complexity index is 4500. The molecule has 0 unspecified atom stereocenters. The van der Waals surface area contributed by atoms with E-state index >= 15 is 0 Å². The number of rotatable bonds is 23. The fraction of sp³-hybridized carbons (Fsp3) is 0.961. The van der Waals surface area contributed by atoms with E-state index in [-0.39, 0.29) is 142 Å². The van der Waals surface area contributed by atoms with Crippen molar-refractivity contribution in [2.24, 2.45) is 232 Å². The number of hydrogen-bond donors (Lipinski definition) is 12. The molecule has 0 aromatic carbocycles. The number of ketones is 4. The molecule has 1 amide bonds. The summed E-state index contributed by atoms with van der Waals surface area (Å²) in [5, 5.41) is 122. The van der Waals surface area contributed by atoms with Crippen LogP contribution in [0, 0.1) is 232 Å². The number of aliphatic hydroxyl groups is 11. The van der Waals surface area contributed by atoms with Crippen molar-refractivity contribution >= 4 is 38.9 Å². The van der Waals surface area contributed by atoms with Crippen LogP contribution in [0.4, 0.5) is 0 Å². The van der Waals surface area contributed by atoms with Crippen LogP contribution < -0.4 is 5.32 Å². The van der Waals surface area contributed by atoms with Crippen molar-refractivity contribution in [3.63, 3.8) is 0 Å². The highest BCUT2D eigenvalue weighted by atomic mass is 32.2. The first kappa shape index (κ1) is 117. The Kier molecular flexibility index (Phi) is 36.2. The van der Waals surface area contributed by atoms with Gasteiger partial charge in [-0.05, 0) is 542 Å². The fourth-order valence-corrected chi connectivity index (χ4v) is 44.9. The first-order valence-electron chi connectivity index (χ1n) is 61.8. The van der Waals surface area contributed by atoms with Crippen molar-refractivity contribution in [3.05, 3.63) is 0 Å². The number of aliphatic hydroxyl groups excluding tert-OH is 11. The Morgan fingerprint density at radius 1 is 0.272 bits per heavy atom. The van der Waals surface area contributed by atoms with Gasteiger partial charge in [0.15, 0.2) is 0 Å². The lowest BCUT2D eigenvalue weighted by atomic mass is 9.43. The Hall–Kier alpha value is -2.34. The molecule has 0 aliphatic heterocycles. The summed E-state index contributed by atoms with van der Waals surface area (Å²) in [6, 6.07) is 0. The molecular weight excluding hydrogens is 1860 g/mol. The van der Waals surface area contributed by atoms with Gasteiger partial charge in [0.1, 0.15) is 33.0 Å². The van der Waals surface area contributed by atoms with Crippen molar-refractivity contribution in [2.75, 3.05) is 18.6 Å². The molecule has 20 fully saturated rings. The Balaban J connectivity index is 0.000000132. The lowest BCUT2D eigenvalue weighted by Gasteiger charge is -2.63. The normalized spacial score (nSPS) is 50.4. The first-order valence-corrected chi connectivity index (χ1v) is 63.9. The summed E-state index contributed by atoms with van der Waals surface area (Å²) in [5.74, 6) is 16.9. The van der Waals surface area contributed by atoms with E-state index < -0.39 is 15.9 Å². The van der Waals surface area contributed by atoms with Gasteiger partial charge in [-0.1, -0.05) is 104 Å². The second kappa shape index (κ2) is 45.4. The molecule has 20 aliphatic rings. The van der Waals surface area contributed by atoms with E-state index in [0.717, 1.165) is 222 Å². The van der Waals surface area contributed by atoms with Crippen LogP contribution >= 0.6 is 0 Å². The molecule has 20 aliphatic carbocycles. The van der Waals surface area contributed by atoms with Crippen LogP contribution in [-0.2, 0) is 33.8 Å². The smallest absolute Gasteiger partial charge is 0.220 e. The molecule has 842 valence electrons. The molecule has 19 nitrogen and oxygen atoms in total. The predicted octanol–water partition coefficient (Wildman–Crippen LogP) is 22.5. The van der Waals surface area contributed by atoms with Crippen LogP contribution in [0.2, 0.25) is 0 Å². The fourth-order valence-electron chi connectivity index (χ4n) is 44.4. The highest BCUT2D eigenvalue weighted by molar-refractivity contribution is 7.90. The zero-order valence-corrected chi connectivity index (χ0v) is 96.7. The van der Waals surface area contributed by atoms with Crippen LogP contribution in [0.3, 0.4) is 0 Å². The monoisotopic (exact) mass is 2070 g/mol. The van der Waals surface area contributed by atoms with Crippen molar-refractivity contribution in [1.82, 2.24) is 5.32 Å². The van der Waals surface area contributed by atoms with E-state index in [1.54, 1.807) is 27.7 Å². The predicted molar refractivity (Wildman–Crippen MR) is 582 cm³/mol. The third kappa shape index (κ3) is 22.3. The number of Topliss-reactive ketones (excluding diaryl/α,β-unsaturated/α-hetero) is 4. The number of sulfone groups is 1. The van der Waals surface area contributed by atoms with Gasteiger partial charge in [-0.25, -0.2) is 8.42 Å². The number of carbonyl (C=O) groups excluding carboxylic acids is 5. The van der Waals surface area contributed by atoms with Gasteiger partial charge in [-0.2, -0.15) is 0 Å². The summed E-state index contributed by atoms with van der Waals surface area (Å²) in [4.78, 5) is 58.3. The standard InChI is InChI=1S/C27H47NO6S.C25H42O4.2C25H42O3.C25H42O2/c1-16(5-8-24(32)28-11-12-35(4,33)34)19-6-7-20-25-21(15-23(31)27(19,20)3)26(2)10-9-18(29)13-17(26)14-22(25)30;1-14(5-6-15(2)26)18-7-8-19-23-20(13-22(29)25(18,19)4)24(3)10-9-17(27)11-16(24)12-21(23)28;2*1-15(5-6-16(2)26)19-7-8-20-23-21(10-12-25(19,20)4)24(3)11-9-18(27)13-17(24)14-22(23)28;1-16(5-6-17(2)26)21-9-10-22-20-8-7-18-15-19(27)11-13-24(18,3)23(20)12-14-25(21,22)4/h16-23,25,29-31H,5-15H2,1-4H3,(H,28,32);14,16-23,27-29H,5-13H2,1-4H3;2*15,17-23,27-28H,5-14H2,1-4H3;16,18-23,27H,5-15H2,1-4H3/t16-,17+,18-,19-,20+,21+,22-,23+,25+,26+,27-;14-,16+,17-,18-,19+,20+,21-,22+,23+,24+,25-;2*15-,17+,18-,19-,20+,21+,22-,23+,24+,25-;16-,18-,19-,20+,21-,22+,23+,24+,25-/m11111/s1. The van der Waals surface area contributed by atoms with Gasteiger partial charge in [-0.3, -0.25) is 4.79 Å². The summed E-state index contributed by atoms with van der Waals surface area (Å²) < 4.78 is 22.6. The lowest BCUT2D eigenvalue weighted by Crippen LogP contribution is -2.62. The van der Waals surface area contributed by atoms with Gasteiger partial charge in [0.25, 0.3) is 0 Å². The topological polar surface area (TPSA) is 354 Å². The molecule has 0 heterocycles. The number of amides is 1. The third-order valence-electron chi connectivity index (χ3n) is 52.7. The summed E-state index contributed by atoms with van der Waals surface area (Å²) in [5.41, 5.74) is 2.04. The van der Waals surface area contributed by atoms with Crippen LogP contribution in [0.15, 0.2) is 0 Å². The second-order valence-electron chi connectivity index (χ2n) is 59.6. The van der Waals surface area contributed by atoms with Crippen LogP contribution in [0.5, 0.6) is 0 Å². The van der Waals surface area contributed by atoms with E-state index in [1.807, 2.05) is 0 Å². The van der Waals surface area contributed by atoms with Crippen LogP contribution in [0.25, 0.3) is 0 Å². The molecule has 20 heteroatoms. The second-order valence-corrected chi connectivity index (χ2v) is 61.9. The third-order valence-corrected chi connectivity index (χ3v) is 53.6. The number of nitrogens with one attached hydrogen (secondary N) is 1. The largest absolute Gasteiger partial charge is 0.393 e. The van der Waals surface area contributed by atoms with Gasteiger partial charge in [0, 0.05) is 44.9 Å². The molecule has 51 atom stereocenters. The quantitative estimate of drug-likeness (QED) is 0.0452. The average molecular weight is 2080 g/mol. The highest BCUT2D eigenvalue weighted by Crippen LogP contribution is 2.76. The summed E-state index contributed by atoms with van der Waals surface area (Å²) in [6.45, 7) is 43.0. The molecule has 0 radical (unpaired) electrons. The SMILES string of the molecule is CC(=O)CC[C@@H](C)[C@H]1CC[C@H]2[C@@H]3CC[C@@H]4C[C@H](O)CC[C@]4(C)[C@H]3CC[C@]12C.CC(=O)CC[C@@H](C)[C@H]1CC[C@H]2[C@@H]3[C@H](O)C[C@@H]4C[C@H](O)CC[C@]4(C)[C@H]3CC[C@]12C.CC(=O)CC[C@@H](C)[C@H]1CC[C@H]2[C@@H]3[C@H](O)C[C@@H]4C[C@H](O)CC[C@]4(C)[C@H]3CC[C@]12C.CC(=O)CC[C@@H](C)[C@H]1CC[C@H]2[C@@H]3[C@H](O)C[C@@H]4C[C@H](O)CC[C@]4(C)[C@H]3C[C@H](O)[C@]12C.C[C@H](CCC(=O)NCCS(C)(=O)=O)[C@H]1CC[C@H]2[C@@H]3[C@H](O)C[C@@H]4C[C@H](O)CC[C@]4(C)[C@H]3C[C@H](O)[C@]12C. The van der Waals surface area contributed by atoms with E-state index in [0.29, 0.717) is 188 Å². The van der Waals surface area contributed by atoms with Gasteiger partial charge >= 0.3 is 0 Å². The van der Waals surface area contributed by atoms with Gasteiger partial charge in [-0.15, -0.1) is 0 Å². The maximum atomic E-state index is 12.3. The van der Waals surface area contributed by atoms with Crippen molar-refractivity contribution in [1.29, 1.82) is 0 Å².